The molecule has 0 N–H and O–H groups in total. The van der Waals surface area contributed by atoms with Crippen LogP contribution in [0.1, 0.15) is 31.4 Å². The molecule has 4 rings (SSSR count). The van der Waals surface area contributed by atoms with Crippen LogP contribution < -0.4 is 0 Å². The smallest absolute Gasteiger partial charge is 0.134 e. The molecule has 2 aromatic rings. The van der Waals surface area contributed by atoms with Gasteiger partial charge >= 0.3 is 0 Å². The van der Waals surface area contributed by atoms with E-state index in [-0.39, 0.29) is 0 Å². The Morgan fingerprint density at radius 2 is 1.95 bits per heavy atom. The number of piperidine rings is 1. The minimum atomic E-state index is 0.458. The normalized spacial score (nSPS) is 30.1. The van der Waals surface area contributed by atoms with Crippen LogP contribution in [-0.2, 0) is 11.3 Å². The molecule has 20 heavy (non-hydrogen) atoms. The van der Waals surface area contributed by atoms with Gasteiger partial charge in [-0.25, -0.2) is 0 Å². The lowest BCUT2D eigenvalue weighted by molar-refractivity contribution is 0.000340. The van der Waals surface area contributed by atoms with Crippen molar-refractivity contribution in [2.45, 2.75) is 50.4 Å². The molecule has 1 aromatic carbocycles. The number of furan rings is 1. The van der Waals surface area contributed by atoms with Crippen LogP contribution in [0.25, 0.3) is 11.0 Å². The first kappa shape index (κ1) is 12.4. The zero-order chi connectivity index (χ0) is 13.5. The summed E-state index contributed by atoms with van der Waals surface area (Å²) in [5, 5.41) is 1.21. The van der Waals surface area contributed by atoms with Gasteiger partial charge in [0.25, 0.3) is 0 Å². The molecule has 3 nitrogen and oxygen atoms in total. The molecule has 3 heteroatoms. The summed E-state index contributed by atoms with van der Waals surface area (Å²) in [5.74, 6) is 1.10. The molecular weight excluding hydrogens is 250 g/mol. The Balaban J connectivity index is 1.54. The van der Waals surface area contributed by atoms with Crippen molar-refractivity contribution in [3.8, 4) is 0 Å². The van der Waals surface area contributed by atoms with Crippen LogP contribution in [0.3, 0.4) is 0 Å². The van der Waals surface area contributed by atoms with Gasteiger partial charge in [0, 0.05) is 24.6 Å². The average molecular weight is 271 g/mol. The molecule has 2 saturated heterocycles. The van der Waals surface area contributed by atoms with Crippen molar-refractivity contribution in [3.63, 3.8) is 0 Å². The largest absolute Gasteiger partial charge is 0.460 e. The molecule has 1 unspecified atom stereocenters. The summed E-state index contributed by atoms with van der Waals surface area (Å²) in [6, 6.07) is 11.8. The molecule has 3 atom stereocenters. The van der Waals surface area contributed by atoms with Gasteiger partial charge in [0.15, 0.2) is 0 Å². The van der Waals surface area contributed by atoms with Crippen molar-refractivity contribution in [2.75, 3.05) is 7.11 Å². The van der Waals surface area contributed by atoms with Crippen molar-refractivity contribution in [2.24, 2.45) is 0 Å². The average Bonchev–Trinajstić information content (AvgIpc) is 2.96. The van der Waals surface area contributed by atoms with Crippen molar-refractivity contribution in [1.29, 1.82) is 0 Å². The molecule has 2 bridgehead atoms. The Morgan fingerprint density at radius 3 is 2.65 bits per heavy atom. The Hall–Kier alpha value is -1.32. The molecule has 2 fully saturated rings. The number of para-hydroxylation sites is 1. The second-order valence-corrected chi connectivity index (χ2v) is 6.14. The summed E-state index contributed by atoms with van der Waals surface area (Å²) in [5.41, 5.74) is 1.00. The minimum absolute atomic E-state index is 0.458. The number of nitrogens with zero attached hydrogens (tertiary/aromatic N) is 1. The Kier molecular flexibility index (Phi) is 3.04. The van der Waals surface area contributed by atoms with E-state index in [1.807, 2.05) is 19.2 Å². The molecule has 0 saturated carbocycles. The molecular formula is C17H21NO2. The summed E-state index contributed by atoms with van der Waals surface area (Å²) in [6.07, 6.45) is 5.43. The van der Waals surface area contributed by atoms with Gasteiger partial charge in [-0.3, -0.25) is 4.90 Å². The molecule has 0 amide bonds. The zero-order valence-electron chi connectivity index (χ0n) is 11.9. The third-order valence-electron chi connectivity index (χ3n) is 4.99. The highest BCUT2D eigenvalue weighted by molar-refractivity contribution is 5.77. The molecule has 0 aliphatic carbocycles. The van der Waals surface area contributed by atoms with Gasteiger partial charge in [-0.15, -0.1) is 0 Å². The summed E-state index contributed by atoms with van der Waals surface area (Å²) in [4.78, 5) is 2.63. The number of hydrogen-bond donors (Lipinski definition) is 0. The van der Waals surface area contributed by atoms with E-state index in [1.165, 1.54) is 31.1 Å². The Labute approximate surface area is 119 Å². The minimum Gasteiger partial charge on any atom is -0.460 e. The summed E-state index contributed by atoms with van der Waals surface area (Å²) in [6.45, 7) is 0.945. The second kappa shape index (κ2) is 4.90. The van der Waals surface area contributed by atoms with Gasteiger partial charge in [-0.1, -0.05) is 18.2 Å². The fraction of sp³-hybridized carbons (Fsp3) is 0.529. The van der Waals surface area contributed by atoms with Gasteiger partial charge < -0.3 is 9.15 Å². The van der Waals surface area contributed by atoms with E-state index < -0.39 is 0 Å². The maximum absolute atomic E-state index is 5.98. The third kappa shape index (κ3) is 2.05. The molecule has 106 valence electrons. The fourth-order valence-electron chi connectivity index (χ4n) is 3.97. The lowest BCUT2D eigenvalue weighted by Crippen LogP contribution is -2.44. The topological polar surface area (TPSA) is 25.6 Å². The Morgan fingerprint density at radius 1 is 1.20 bits per heavy atom. The highest BCUT2D eigenvalue weighted by atomic mass is 16.5. The van der Waals surface area contributed by atoms with E-state index >= 15 is 0 Å². The highest BCUT2D eigenvalue weighted by Crippen LogP contribution is 2.38. The van der Waals surface area contributed by atoms with E-state index in [0.29, 0.717) is 18.2 Å². The predicted molar refractivity (Wildman–Crippen MR) is 78.6 cm³/mol. The number of benzene rings is 1. The van der Waals surface area contributed by atoms with Gasteiger partial charge in [-0.05, 0) is 37.8 Å². The van der Waals surface area contributed by atoms with E-state index in [4.69, 9.17) is 9.15 Å². The van der Waals surface area contributed by atoms with Gasteiger partial charge in [-0.2, -0.15) is 0 Å². The van der Waals surface area contributed by atoms with Crippen LogP contribution in [0.5, 0.6) is 0 Å². The van der Waals surface area contributed by atoms with Crippen LogP contribution in [-0.4, -0.2) is 30.2 Å². The first-order valence-electron chi connectivity index (χ1n) is 7.59. The van der Waals surface area contributed by atoms with Crippen LogP contribution >= 0.6 is 0 Å². The van der Waals surface area contributed by atoms with Crippen LogP contribution in [0, 0.1) is 0 Å². The van der Waals surface area contributed by atoms with Crippen molar-refractivity contribution >= 4 is 11.0 Å². The number of hydrogen-bond acceptors (Lipinski definition) is 3. The number of ether oxygens (including phenoxy) is 1. The first-order valence-corrected chi connectivity index (χ1v) is 7.59. The van der Waals surface area contributed by atoms with Gasteiger partial charge in [0.1, 0.15) is 11.3 Å². The van der Waals surface area contributed by atoms with Gasteiger partial charge in [0.05, 0.1) is 12.6 Å². The van der Waals surface area contributed by atoms with E-state index in [9.17, 15) is 0 Å². The van der Waals surface area contributed by atoms with Gasteiger partial charge in [0.2, 0.25) is 0 Å². The zero-order valence-corrected chi connectivity index (χ0v) is 11.9. The molecule has 0 spiro atoms. The molecule has 2 aliphatic rings. The van der Waals surface area contributed by atoms with Crippen molar-refractivity contribution < 1.29 is 9.15 Å². The van der Waals surface area contributed by atoms with E-state index in [0.717, 1.165) is 17.9 Å². The van der Waals surface area contributed by atoms with Crippen LogP contribution in [0.2, 0.25) is 0 Å². The summed E-state index contributed by atoms with van der Waals surface area (Å²) in [7, 11) is 1.85. The van der Waals surface area contributed by atoms with Crippen LogP contribution in [0.4, 0.5) is 0 Å². The lowest BCUT2D eigenvalue weighted by Gasteiger charge is -2.37. The SMILES string of the molecule is COC1C[C@H]2CC[C@@H](C1)N2Cc1cc2ccccc2o1. The Bertz CT molecular complexity index is 559. The fourth-order valence-corrected chi connectivity index (χ4v) is 3.97. The standard InChI is InChI=1S/C17H21NO2/c1-19-15-9-13-6-7-14(10-15)18(13)11-16-8-12-4-2-3-5-17(12)20-16/h2-5,8,13-15H,6-7,9-11H2,1H3/t13-,14+,15?. The highest BCUT2D eigenvalue weighted by Gasteiger charge is 2.40. The van der Waals surface area contributed by atoms with E-state index in [1.54, 1.807) is 0 Å². The van der Waals surface area contributed by atoms with Crippen LogP contribution in [0.15, 0.2) is 34.7 Å². The maximum Gasteiger partial charge on any atom is 0.134 e. The quantitative estimate of drug-likeness (QED) is 0.853. The number of rotatable bonds is 3. The van der Waals surface area contributed by atoms with Crippen molar-refractivity contribution in [3.05, 3.63) is 36.1 Å². The number of methoxy groups -OCH3 is 1. The summed E-state index contributed by atoms with van der Waals surface area (Å²) >= 11 is 0. The lowest BCUT2D eigenvalue weighted by atomic mass is 9.99. The van der Waals surface area contributed by atoms with Crippen molar-refractivity contribution in [1.82, 2.24) is 4.90 Å². The second-order valence-electron chi connectivity index (χ2n) is 6.14. The maximum atomic E-state index is 5.98. The first-order chi connectivity index (χ1) is 9.83. The summed E-state index contributed by atoms with van der Waals surface area (Å²) < 4.78 is 11.5. The number of fused-ring (bicyclic) bond motifs is 3. The molecule has 1 aromatic heterocycles. The molecule has 0 radical (unpaired) electrons. The van der Waals surface area contributed by atoms with E-state index in [2.05, 4.69) is 23.1 Å². The monoisotopic (exact) mass is 271 g/mol. The predicted octanol–water partition coefficient (Wildman–Crippen LogP) is 3.57. The third-order valence-corrected chi connectivity index (χ3v) is 4.99. The molecule has 2 aliphatic heterocycles. The molecule has 3 heterocycles.